The monoisotopic (exact) mass is 469 g/mol. The highest BCUT2D eigenvalue weighted by Crippen LogP contribution is 2.36. The molecule has 0 spiro atoms. The zero-order valence-electron chi connectivity index (χ0n) is 18.8. The van der Waals surface area contributed by atoms with Crippen LogP contribution in [-0.2, 0) is 24.6 Å². The van der Waals surface area contributed by atoms with Gasteiger partial charge in [0.25, 0.3) is 5.69 Å². The van der Waals surface area contributed by atoms with Gasteiger partial charge in [0.1, 0.15) is 25.4 Å². The molecule has 0 bridgehead atoms. The Morgan fingerprint density at radius 1 is 0.657 bits per heavy atom. The number of carbonyl (C=O) groups excluding carboxylic acids is 1. The summed E-state index contributed by atoms with van der Waals surface area (Å²) in [6.45, 7) is 0.361. The van der Waals surface area contributed by atoms with E-state index < -0.39 is 16.6 Å². The zero-order chi connectivity index (χ0) is 24.5. The summed E-state index contributed by atoms with van der Waals surface area (Å²) in [6.07, 6.45) is 0. The third-order valence-electron chi connectivity index (χ3n) is 5.17. The number of benzene rings is 4. The molecular formula is C28H23NO6. The first-order chi connectivity index (χ1) is 17.1. The summed E-state index contributed by atoms with van der Waals surface area (Å²) in [4.78, 5) is 24.0. The first-order valence-electron chi connectivity index (χ1n) is 11.0. The maximum absolute atomic E-state index is 12.8. The number of carbonyl (C=O) groups is 1. The van der Waals surface area contributed by atoms with Crippen LogP contribution in [-0.4, -0.2) is 10.9 Å². The Labute approximate surface area is 202 Å². The van der Waals surface area contributed by atoms with Gasteiger partial charge in [-0.2, -0.15) is 0 Å². The minimum absolute atomic E-state index is 0.0106. The average Bonchev–Trinajstić information content (AvgIpc) is 2.91. The lowest BCUT2D eigenvalue weighted by molar-refractivity contribution is -0.385. The van der Waals surface area contributed by atoms with Crippen molar-refractivity contribution < 1.29 is 23.9 Å². The molecule has 0 N–H and O–H groups in total. The van der Waals surface area contributed by atoms with Gasteiger partial charge >= 0.3 is 5.97 Å². The van der Waals surface area contributed by atoms with Crippen LogP contribution in [0.25, 0.3) is 0 Å². The zero-order valence-corrected chi connectivity index (χ0v) is 18.8. The van der Waals surface area contributed by atoms with Crippen LogP contribution in [0, 0.1) is 10.1 Å². The fraction of sp³-hybridized carbons (Fsp3) is 0.107. The van der Waals surface area contributed by atoms with Crippen LogP contribution < -0.4 is 9.47 Å². The highest BCUT2D eigenvalue weighted by atomic mass is 16.6. The summed E-state index contributed by atoms with van der Waals surface area (Å²) < 4.78 is 17.2. The van der Waals surface area contributed by atoms with E-state index in [-0.39, 0.29) is 36.9 Å². The molecule has 176 valence electrons. The van der Waals surface area contributed by atoms with Gasteiger partial charge in [0, 0.05) is 6.07 Å². The van der Waals surface area contributed by atoms with Crippen molar-refractivity contribution in [1.29, 1.82) is 0 Å². The fourth-order valence-corrected chi connectivity index (χ4v) is 3.36. The van der Waals surface area contributed by atoms with Crippen molar-refractivity contribution >= 4 is 11.7 Å². The third kappa shape index (κ3) is 6.45. The predicted molar refractivity (Wildman–Crippen MR) is 130 cm³/mol. The molecular weight excluding hydrogens is 446 g/mol. The highest BCUT2D eigenvalue weighted by Gasteiger charge is 2.26. The van der Waals surface area contributed by atoms with Gasteiger partial charge in [-0.15, -0.1) is 0 Å². The molecule has 0 unspecified atom stereocenters. The van der Waals surface area contributed by atoms with Crippen molar-refractivity contribution in [2.45, 2.75) is 19.8 Å². The summed E-state index contributed by atoms with van der Waals surface area (Å²) in [5, 5.41) is 11.8. The number of hydrogen-bond donors (Lipinski definition) is 0. The van der Waals surface area contributed by atoms with Gasteiger partial charge in [-0.05, 0) is 16.7 Å². The molecule has 35 heavy (non-hydrogen) atoms. The fourth-order valence-electron chi connectivity index (χ4n) is 3.36. The molecule has 0 radical (unpaired) electrons. The van der Waals surface area contributed by atoms with Crippen LogP contribution in [0.5, 0.6) is 11.5 Å². The normalized spacial score (nSPS) is 10.4. The van der Waals surface area contributed by atoms with Gasteiger partial charge in [-0.3, -0.25) is 10.1 Å². The topological polar surface area (TPSA) is 87.9 Å². The number of esters is 1. The summed E-state index contributed by atoms with van der Waals surface area (Å²) in [6, 6.07) is 30.5. The molecule has 4 aromatic rings. The maximum atomic E-state index is 12.8. The summed E-state index contributed by atoms with van der Waals surface area (Å²) in [7, 11) is 0. The van der Waals surface area contributed by atoms with Crippen molar-refractivity contribution in [3.8, 4) is 11.5 Å². The summed E-state index contributed by atoms with van der Waals surface area (Å²) in [5.41, 5.74) is 1.93. The van der Waals surface area contributed by atoms with E-state index in [9.17, 15) is 14.9 Å². The molecule has 0 fully saturated rings. The van der Waals surface area contributed by atoms with Crippen LogP contribution in [0.3, 0.4) is 0 Å². The van der Waals surface area contributed by atoms with Gasteiger partial charge < -0.3 is 14.2 Å². The number of hydrogen-bond acceptors (Lipinski definition) is 6. The number of nitro benzene ring substituents is 1. The van der Waals surface area contributed by atoms with Gasteiger partial charge in [-0.25, -0.2) is 4.79 Å². The summed E-state index contributed by atoms with van der Waals surface area (Å²) in [5.74, 6) is -0.446. The van der Waals surface area contributed by atoms with Gasteiger partial charge in [0.15, 0.2) is 11.5 Å². The molecule has 0 atom stereocenters. The first-order valence-corrected chi connectivity index (χ1v) is 11.0. The molecule has 4 aromatic carbocycles. The molecule has 4 rings (SSSR count). The van der Waals surface area contributed by atoms with Crippen LogP contribution in [0.15, 0.2) is 103 Å². The van der Waals surface area contributed by atoms with E-state index in [4.69, 9.17) is 14.2 Å². The molecule has 0 saturated heterocycles. The first kappa shape index (κ1) is 23.5. The Bertz CT molecular complexity index is 1280. The molecule has 0 amide bonds. The summed E-state index contributed by atoms with van der Waals surface area (Å²) >= 11 is 0. The minimum atomic E-state index is -0.820. The smallest absolute Gasteiger partial charge is 0.345 e. The standard InChI is InChI=1S/C28H23NO6/c30-28(35-20-23-14-8-3-9-15-23)24-16-26(33-18-21-10-4-1-5-11-21)27(17-25(24)29(31)32)34-19-22-12-6-2-7-13-22/h1-17H,18-20H2. The van der Waals surface area contributed by atoms with Crippen molar-refractivity contribution in [3.63, 3.8) is 0 Å². The predicted octanol–water partition coefficient (Wildman–Crippen LogP) is 6.11. The van der Waals surface area contributed by atoms with Gasteiger partial charge in [0.2, 0.25) is 0 Å². The van der Waals surface area contributed by atoms with E-state index in [0.717, 1.165) is 16.7 Å². The number of nitrogens with zero attached hydrogens (tertiary/aromatic N) is 1. The number of ether oxygens (including phenoxy) is 3. The van der Waals surface area contributed by atoms with Crippen molar-refractivity contribution in [2.75, 3.05) is 0 Å². The largest absolute Gasteiger partial charge is 0.485 e. The molecule has 7 nitrogen and oxygen atoms in total. The van der Waals surface area contributed by atoms with Gasteiger partial charge in [-0.1, -0.05) is 91.0 Å². The van der Waals surface area contributed by atoms with Crippen molar-refractivity contribution in [3.05, 3.63) is 135 Å². The van der Waals surface area contributed by atoms with E-state index in [0.29, 0.717) is 0 Å². The van der Waals surface area contributed by atoms with E-state index in [1.165, 1.54) is 12.1 Å². The number of nitro groups is 1. The second-order valence-corrected chi connectivity index (χ2v) is 7.68. The lowest BCUT2D eigenvalue weighted by Crippen LogP contribution is -2.10. The molecule has 0 heterocycles. The quantitative estimate of drug-likeness (QED) is 0.158. The van der Waals surface area contributed by atoms with Gasteiger partial charge in [0.05, 0.1) is 11.0 Å². The van der Waals surface area contributed by atoms with E-state index in [1.54, 1.807) is 12.1 Å². The van der Waals surface area contributed by atoms with Crippen LogP contribution >= 0.6 is 0 Å². The highest BCUT2D eigenvalue weighted by molar-refractivity contribution is 5.95. The Hall–Kier alpha value is -4.65. The Morgan fingerprint density at radius 2 is 1.09 bits per heavy atom. The van der Waals surface area contributed by atoms with Crippen LogP contribution in [0.1, 0.15) is 27.0 Å². The maximum Gasteiger partial charge on any atom is 0.345 e. The average molecular weight is 469 g/mol. The molecule has 7 heteroatoms. The Balaban J connectivity index is 1.62. The second-order valence-electron chi connectivity index (χ2n) is 7.68. The Morgan fingerprint density at radius 3 is 1.54 bits per heavy atom. The van der Waals surface area contributed by atoms with Crippen LogP contribution in [0.4, 0.5) is 5.69 Å². The Kier molecular flexibility index (Phi) is 7.70. The van der Waals surface area contributed by atoms with Crippen molar-refractivity contribution in [1.82, 2.24) is 0 Å². The lowest BCUT2D eigenvalue weighted by Gasteiger charge is -2.15. The molecule has 0 aliphatic rings. The number of rotatable bonds is 10. The third-order valence-corrected chi connectivity index (χ3v) is 5.17. The minimum Gasteiger partial charge on any atom is -0.485 e. The second kappa shape index (κ2) is 11.5. The van der Waals surface area contributed by atoms with E-state index in [1.807, 2.05) is 78.9 Å². The lowest BCUT2D eigenvalue weighted by atomic mass is 10.1. The van der Waals surface area contributed by atoms with Crippen LogP contribution in [0.2, 0.25) is 0 Å². The molecule has 0 aliphatic carbocycles. The van der Waals surface area contributed by atoms with E-state index in [2.05, 4.69) is 0 Å². The SMILES string of the molecule is O=C(OCc1ccccc1)c1cc(OCc2ccccc2)c(OCc2ccccc2)cc1[N+](=O)[O-]. The molecule has 0 aliphatic heterocycles. The van der Waals surface area contributed by atoms with Crippen molar-refractivity contribution in [2.24, 2.45) is 0 Å². The molecule has 0 aromatic heterocycles. The van der Waals surface area contributed by atoms with E-state index >= 15 is 0 Å². The molecule has 0 saturated carbocycles.